The molecule has 1 rings (SSSR count). The molecule has 0 bridgehead atoms. The lowest BCUT2D eigenvalue weighted by Gasteiger charge is -2.33. The lowest BCUT2D eigenvalue weighted by Crippen LogP contribution is -2.34. The van der Waals surface area contributed by atoms with Crippen LogP contribution in [-0.4, -0.2) is 6.04 Å². The van der Waals surface area contributed by atoms with E-state index in [4.69, 9.17) is 5.73 Å². The molecule has 2 N–H and O–H groups in total. The molecule has 0 aromatic rings. The van der Waals surface area contributed by atoms with Crippen LogP contribution in [-0.2, 0) is 0 Å². The van der Waals surface area contributed by atoms with Crippen molar-refractivity contribution in [1.82, 2.24) is 0 Å². The van der Waals surface area contributed by atoms with E-state index >= 15 is 0 Å². The highest BCUT2D eigenvalue weighted by atomic mass is 14.7. The number of hydrogen-bond acceptors (Lipinski definition) is 1. The Morgan fingerprint density at radius 3 is 2.25 bits per heavy atom. The average Bonchev–Trinajstić information content (AvgIpc) is 2.30. The third kappa shape index (κ3) is 4.45. The van der Waals surface area contributed by atoms with Crippen LogP contribution in [0.15, 0.2) is 0 Å². The maximum atomic E-state index is 6.34. The number of hydrogen-bond donors (Lipinski definition) is 1. The first-order valence-electron chi connectivity index (χ1n) is 7.42. The molecular weight excluding hydrogens is 194 g/mol. The van der Waals surface area contributed by atoms with E-state index in [1.54, 1.807) is 0 Å². The van der Waals surface area contributed by atoms with Crippen LogP contribution < -0.4 is 5.73 Å². The summed E-state index contributed by atoms with van der Waals surface area (Å²) in [6, 6.07) is 0.470. The Balaban J connectivity index is 2.24. The Morgan fingerprint density at radius 1 is 1.12 bits per heavy atom. The average molecular weight is 225 g/mol. The molecule has 0 aromatic carbocycles. The molecule has 1 aliphatic carbocycles. The van der Waals surface area contributed by atoms with Crippen LogP contribution in [0, 0.1) is 17.8 Å². The highest BCUT2D eigenvalue weighted by Crippen LogP contribution is 2.34. The van der Waals surface area contributed by atoms with Gasteiger partial charge in [0.1, 0.15) is 0 Å². The quantitative estimate of drug-likeness (QED) is 0.714. The Kier molecular flexibility index (Phi) is 6.41. The van der Waals surface area contributed by atoms with E-state index in [1.807, 2.05) is 0 Å². The molecule has 2 atom stereocenters. The second-order valence-corrected chi connectivity index (χ2v) is 5.98. The van der Waals surface area contributed by atoms with Crippen molar-refractivity contribution in [3.8, 4) is 0 Å². The minimum absolute atomic E-state index is 0.470. The monoisotopic (exact) mass is 225 g/mol. The SMILES string of the molecule is CCCC1CCC(C(N)CC(C)CC)CC1. The summed E-state index contributed by atoms with van der Waals surface area (Å²) in [5.74, 6) is 2.64. The van der Waals surface area contributed by atoms with Gasteiger partial charge in [-0.25, -0.2) is 0 Å². The van der Waals surface area contributed by atoms with Gasteiger partial charge in [-0.15, -0.1) is 0 Å². The Labute approximate surface area is 102 Å². The van der Waals surface area contributed by atoms with Gasteiger partial charge in [0.15, 0.2) is 0 Å². The molecule has 1 saturated carbocycles. The van der Waals surface area contributed by atoms with Gasteiger partial charge in [0.2, 0.25) is 0 Å². The maximum Gasteiger partial charge on any atom is 0.00696 e. The Morgan fingerprint density at radius 2 is 1.75 bits per heavy atom. The van der Waals surface area contributed by atoms with Crippen molar-refractivity contribution in [2.75, 3.05) is 0 Å². The van der Waals surface area contributed by atoms with Crippen LogP contribution in [0.25, 0.3) is 0 Å². The summed E-state index contributed by atoms with van der Waals surface area (Å²) >= 11 is 0. The minimum Gasteiger partial charge on any atom is -0.327 e. The molecule has 0 aliphatic heterocycles. The van der Waals surface area contributed by atoms with Gasteiger partial charge in [0.05, 0.1) is 0 Å². The topological polar surface area (TPSA) is 26.0 Å². The first kappa shape index (κ1) is 14.0. The molecule has 1 heteroatoms. The van der Waals surface area contributed by atoms with Gasteiger partial charge in [-0.05, 0) is 37.0 Å². The summed E-state index contributed by atoms with van der Waals surface area (Å²) in [4.78, 5) is 0. The number of nitrogens with two attached hydrogens (primary N) is 1. The number of rotatable bonds is 6. The molecule has 0 spiro atoms. The molecule has 1 aliphatic rings. The van der Waals surface area contributed by atoms with Gasteiger partial charge in [0, 0.05) is 6.04 Å². The molecule has 16 heavy (non-hydrogen) atoms. The molecule has 2 unspecified atom stereocenters. The third-order valence-corrected chi connectivity index (χ3v) is 4.57. The van der Waals surface area contributed by atoms with Crippen molar-refractivity contribution in [1.29, 1.82) is 0 Å². The van der Waals surface area contributed by atoms with Crippen molar-refractivity contribution in [2.24, 2.45) is 23.5 Å². The van der Waals surface area contributed by atoms with E-state index in [0.29, 0.717) is 6.04 Å². The van der Waals surface area contributed by atoms with E-state index in [9.17, 15) is 0 Å². The predicted octanol–water partition coefficient (Wildman–Crippen LogP) is 4.36. The zero-order chi connectivity index (χ0) is 12.0. The van der Waals surface area contributed by atoms with Gasteiger partial charge in [0.25, 0.3) is 0 Å². The van der Waals surface area contributed by atoms with Crippen molar-refractivity contribution in [2.45, 2.75) is 78.2 Å². The maximum absolute atomic E-state index is 6.34. The van der Waals surface area contributed by atoms with Gasteiger partial charge < -0.3 is 5.73 Å². The van der Waals surface area contributed by atoms with Crippen LogP contribution in [0.4, 0.5) is 0 Å². The molecule has 96 valence electrons. The molecule has 1 fully saturated rings. The van der Waals surface area contributed by atoms with Gasteiger partial charge in [-0.1, -0.05) is 52.9 Å². The van der Waals surface area contributed by atoms with Crippen LogP contribution in [0.5, 0.6) is 0 Å². The standard InChI is InChI=1S/C15H31N/c1-4-6-13-7-9-14(10-8-13)15(16)11-12(3)5-2/h12-15H,4-11,16H2,1-3H3. The normalized spacial score (nSPS) is 30.0. The second kappa shape index (κ2) is 7.32. The smallest absolute Gasteiger partial charge is 0.00696 e. The lowest BCUT2D eigenvalue weighted by molar-refractivity contribution is 0.217. The van der Waals surface area contributed by atoms with Crippen molar-refractivity contribution < 1.29 is 0 Å². The fourth-order valence-electron chi connectivity index (χ4n) is 3.14. The van der Waals surface area contributed by atoms with Crippen molar-refractivity contribution >= 4 is 0 Å². The third-order valence-electron chi connectivity index (χ3n) is 4.57. The molecule has 1 nitrogen and oxygen atoms in total. The Bertz CT molecular complexity index is 170. The fourth-order valence-corrected chi connectivity index (χ4v) is 3.14. The summed E-state index contributed by atoms with van der Waals surface area (Å²) < 4.78 is 0. The molecule has 0 aromatic heterocycles. The van der Waals surface area contributed by atoms with Gasteiger partial charge in [-0.3, -0.25) is 0 Å². The molecule has 0 heterocycles. The van der Waals surface area contributed by atoms with Gasteiger partial charge >= 0.3 is 0 Å². The molecule has 0 amide bonds. The van der Waals surface area contributed by atoms with E-state index in [-0.39, 0.29) is 0 Å². The largest absolute Gasteiger partial charge is 0.327 e. The van der Waals surface area contributed by atoms with E-state index in [0.717, 1.165) is 17.8 Å². The highest BCUT2D eigenvalue weighted by molar-refractivity contribution is 4.80. The molecule has 0 radical (unpaired) electrons. The zero-order valence-corrected chi connectivity index (χ0v) is 11.5. The minimum atomic E-state index is 0.470. The highest BCUT2D eigenvalue weighted by Gasteiger charge is 2.25. The predicted molar refractivity (Wildman–Crippen MR) is 72.4 cm³/mol. The van der Waals surface area contributed by atoms with E-state index < -0.39 is 0 Å². The van der Waals surface area contributed by atoms with Gasteiger partial charge in [-0.2, -0.15) is 0 Å². The first-order chi connectivity index (χ1) is 7.67. The summed E-state index contributed by atoms with van der Waals surface area (Å²) in [5.41, 5.74) is 6.34. The summed E-state index contributed by atoms with van der Waals surface area (Å²) in [5, 5.41) is 0. The first-order valence-corrected chi connectivity index (χ1v) is 7.42. The van der Waals surface area contributed by atoms with Crippen LogP contribution in [0.2, 0.25) is 0 Å². The summed E-state index contributed by atoms with van der Waals surface area (Å²) in [6.45, 7) is 6.92. The second-order valence-electron chi connectivity index (χ2n) is 5.98. The van der Waals surface area contributed by atoms with Crippen LogP contribution >= 0.6 is 0 Å². The van der Waals surface area contributed by atoms with E-state index in [2.05, 4.69) is 20.8 Å². The zero-order valence-electron chi connectivity index (χ0n) is 11.5. The summed E-state index contributed by atoms with van der Waals surface area (Å²) in [7, 11) is 0. The van der Waals surface area contributed by atoms with Crippen LogP contribution in [0.3, 0.4) is 0 Å². The van der Waals surface area contributed by atoms with Crippen LogP contribution in [0.1, 0.15) is 72.1 Å². The fraction of sp³-hybridized carbons (Fsp3) is 1.00. The molecule has 0 saturated heterocycles. The Hall–Kier alpha value is -0.0400. The van der Waals surface area contributed by atoms with Crippen molar-refractivity contribution in [3.63, 3.8) is 0 Å². The lowest BCUT2D eigenvalue weighted by atomic mass is 9.75. The summed E-state index contributed by atoms with van der Waals surface area (Å²) in [6.07, 6.45) is 11.0. The molecular formula is C15H31N. The van der Waals surface area contributed by atoms with Crippen molar-refractivity contribution in [3.05, 3.63) is 0 Å². The van der Waals surface area contributed by atoms with E-state index in [1.165, 1.54) is 51.4 Å².